The van der Waals surface area contributed by atoms with Gasteiger partial charge in [0.1, 0.15) is 11.5 Å². The molecule has 1 rings (SSSR count). The van der Waals surface area contributed by atoms with Crippen molar-refractivity contribution in [1.82, 2.24) is 0 Å². The van der Waals surface area contributed by atoms with Gasteiger partial charge in [-0.15, -0.1) is 0 Å². The first-order chi connectivity index (χ1) is 7.22. The summed E-state index contributed by atoms with van der Waals surface area (Å²) in [6, 6.07) is 5.89. The fourth-order valence-corrected chi connectivity index (χ4v) is 1.76. The van der Waals surface area contributed by atoms with Crippen molar-refractivity contribution in [2.75, 3.05) is 19.5 Å². The van der Waals surface area contributed by atoms with E-state index in [1.807, 2.05) is 18.2 Å². The molecule has 0 aliphatic rings. The van der Waals surface area contributed by atoms with Crippen LogP contribution in [0.25, 0.3) is 0 Å². The molecule has 2 nitrogen and oxygen atoms in total. The van der Waals surface area contributed by atoms with Crippen LogP contribution in [0.2, 0.25) is 0 Å². The van der Waals surface area contributed by atoms with Gasteiger partial charge in [-0.05, 0) is 24.5 Å². The fourth-order valence-electron chi connectivity index (χ4n) is 1.53. The quantitative estimate of drug-likeness (QED) is 0.766. The Bertz CT molecular complexity index is 290. The van der Waals surface area contributed by atoms with E-state index in [0.29, 0.717) is 5.92 Å². The Morgan fingerprint density at radius 1 is 1.20 bits per heavy atom. The van der Waals surface area contributed by atoms with Crippen LogP contribution < -0.4 is 9.47 Å². The Hall–Kier alpha value is -0.700. The summed E-state index contributed by atoms with van der Waals surface area (Å²) in [5.74, 6) is 2.37. The lowest BCUT2D eigenvalue weighted by atomic mass is 10.0. The van der Waals surface area contributed by atoms with Gasteiger partial charge in [-0.1, -0.05) is 28.9 Å². The van der Waals surface area contributed by atoms with Crippen molar-refractivity contribution in [3.63, 3.8) is 0 Å². The minimum Gasteiger partial charge on any atom is -0.496 e. The molecule has 84 valence electrons. The Morgan fingerprint density at radius 3 is 2.13 bits per heavy atom. The molecule has 0 aromatic heterocycles. The summed E-state index contributed by atoms with van der Waals surface area (Å²) < 4.78 is 10.7. The first-order valence-electron chi connectivity index (χ1n) is 4.98. The molecule has 1 aromatic rings. The van der Waals surface area contributed by atoms with Crippen molar-refractivity contribution in [2.24, 2.45) is 5.92 Å². The van der Waals surface area contributed by atoms with Gasteiger partial charge in [0, 0.05) is 10.9 Å². The standard InChI is InChI=1S/C12H17BrO2/c1-9(8-13)7-10-11(14-2)5-4-6-12(10)15-3/h4-6,9H,7-8H2,1-3H3. The summed E-state index contributed by atoms with van der Waals surface area (Å²) in [7, 11) is 3.38. The highest BCUT2D eigenvalue weighted by Crippen LogP contribution is 2.30. The Balaban J connectivity index is 2.99. The van der Waals surface area contributed by atoms with E-state index in [4.69, 9.17) is 9.47 Å². The summed E-state index contributed by atoms with van der Waals surface area (Å²) in [6.45, 7) is 2.20. The minimum absolute atomic E-state index is 0.565. The number of alkyl halides is 1. The maximum absolute atomic E-state index is 5.34. The lowest BCUT2D eigenvalue weighted by Crippen LogP contribution is -2.04. The van der Waals surface area contributed by atoms with Gasteiger partial charge < -0.3 is 9.47 Å². The van der Waals surface area contributed by atoms with Crippen molar-refractivity contribution < 1.29 is 9.47 Å². The van der Waals surface area contributed by atoms with Crippen molar-refractivity contribution in [3.05, 3.63) is 23.8 Å². The Morgan fingerprint density at radius 2 is 1.73 bits per heavy atom. The second-order valence-corrected chi connectivity index (χ2v) is 4.25. The molecule has 0 saturated heterocycles. The van der Waals surface area contributed by atoms with E-state index in [2.05, 4.69) is 22.9 Å². The molecular formula is C12H17BrO2. The van der Waals surface area contributed by atoms with E-state index < -0.39 is 0 Å². The van der Waals surface area contributed by atoms with Gasteiger partial charge in [0.2, 0.25) is 0 Å². The van der Waals surface area contributed by atoms with Crippen LogP contribution in [-0.4, -0.2) is 19.5 Å². The number of methoxy groups -OCH3 is 2. The van der Waals surface area contributed by atoms with Crippen LogP contribution in [0.15, 0.2) is 18.2 Å². The molecule has 0 saturated carbocycles. The van der Waals surface area contributed by atoms with Crippen LogP contribution in [0.1, 0.15) is 12.5 Å². The summed E-state index contributed by atoms with van der Waals surface area (Å²) >= 11 is 3.48. The van der Waals surface area contributed by atoms with Crippen LogP contribution in [0, 0.1) is 5.92 Å². The summed E-state index contributed by atoms with van der Waals surface area (Å²) in [5, 5.41) is 0.980. The Kier molecular flexibility index (Phi) is 4.95. The SMILES string of the molecule is COc1cccc(OC)c1CC(C)CBr. The molecule has 0 N–H and O–H groups in total. The van der Waals surface area contributed by atoms with Gasteiger partial charge in [0.25, 0.3) is 0 Å². The lowest BCUT2D eigenvalue weighted by Gasteiger charge is -2.15. The number of halogens is 1. The van der Waals surface area contributed by atoms with E-state index in [1.54, 1.807) is 14.2 Å². The molecule has 1 unspecified atom stereocenters. The van der Waals surface area contributed by atoms with E-state index in [-0.39, 0.29) is 0 Å². The summed E-state index contributed by atoms with van der Waals surface area (Å²) in [6.07, 6.45) is 0.957. The van der Waals surface area contributed by atoms with Crippen molar-refractivity contribution in [1.29, 1.82) is 0 Å². The van der Waals surface area contributed by atoms with Gasteiger partial charge in [-0.3, -0.25) is 0 Å². The predicted molar refractivity (Wildman–Crippen MR) is 66.2 cm³/mol. The summed E-state index contributed by atoms with van der Waals surface area (Å²) in [4.78, 5) is 0. The molecule has 0 aliphatic heterocycles. The number of hydrogen-bond acceptors (Lipinski definition) is 2. The molecule has 0 heterocycles. The minimum atomic E-state index is 0.565. The average Bonchev–Trinajstić information content (AvgIpc) is 2.29. The van der Waals surface area contributed by atoms with Crippen LogP contribution in [0.5, 0.6) is 11.5 Å². The van der Waals surface area contributed by atoms with E-state index >= 15 is 0 Å². The molecule has 0 amide bonds. The summed E-state index contributed by atoms with van der Waals surface area (Å²) in [5.41, 5.74) is 1.15. The number of hydrogen-bond donors (Lipinski definition) is 0. The third-order valence-electron chi connectivity index (χ3n) is 2.35. The first kappa shape index (κ1) is 12.4. The molecule has 1 atom stereocenters. The van der Waals surface area contributed by atoms with Gasteiger partial charge in [0.15, 0.2) is 0 Å². The molecule has 15 heavy (non-hydrogen) atoms. The zero-order chi connectivity index (χ0) is 11.3. The molecule has 3 heteroatoms. The van der Waals surface area contributed by atoms with Gasteiger partial charge >= 0.3 is 0 Å². The second-order valence-electron chi connectivity index (χ2n) is 3.60. The predicted octanol–water partition coefficient (Wildman–Crippen LogP) is 3.28. The second kappa shape index (κ2) is 6.01. The largest absolute Gasteiger partial charge is 0.496 e. The molecule has 0 aliphatic carbocycles. The zero-order valence-corrected chi connectivity index (χ0v) is 11.0. The van der Waals surface area contributed by atoms with Gasteiger partial charge in [-0.25, -0.2) is 0 Å². The normalized spacial score (nSPS) is 12.3. The molecule has 0 fully saturated rings. The first-order valence-corrected chi connectivity index (χ1v) is 6.10. The zero-order valence-electron chi connectivity index (χ0n) is 9.42. The van der Waals surface area contributed by atoms with E-state index in [9.17, 15) is 0 Å². The highest BCUT2D eigenvalue weighted by atomic mass is 79.9. The van der Waals surface area contributed by atoms with Crippen molar-refractivity contribution >= 4 is 15.9 Å². The molecule has 0 radical (unpaired) electrons. The van der Waals surface area contributed by atoms with Crippen LogP contribution in [0.4, 0.5) is 0 Å². The van der Waals surface area contributed by atoms with Crippen LogP contribution >= 0.6 is 15.9 Å². The molecular weight excluding hydrogens is 256 g/mol. The smallest absolute Gasteiger partial charge is 0.125 e. The van der Waals surface area contributed by atoms with Crippen LogP contribution in [0.3, 0.4) is 0 Å². The van der Waals surface area contributed by atoms with Gasteiger partial charge in [0.05, 0.1) is 14.2 Å². The highest BCUT2D eigenvalue weighted by molar-refractivity contribution is 9.09. The number of ether oxygens (including phenoxy) is 2. The van der Waals surface area contributed by atoms with Crippen LogP contribution in [-0.2, 0) is 6.42 Å². The topological polar surface area (TPSA) is 18.5 Å². The van der Waals surface area contributed by atoms with Crippen molar-refractivity contribution in [2.45, 2.75) is 13.3 Å². The van der Waals surface area contributed by atoms with E-state index in [0.717, 1.165) is 28.8 Å². The third-order valence-corrected chi connectivity index (χ3v) is 3.45. The number of rotatable bonds is 5. The highest BCUT2D eigenvalue weighted by Gasteiger charge is 2.12. The average molecular weight is 273 g/mol. The molecule has 1 aromatic carbocycles. The third kappa shape index (κ3) is 3.13. The molecule has 0 spiro atoms. The maximum atomic E-state index is 5.34. The number of benzene rings is 1. The lowest BCUT2D eigenvalue weighted by molar-refractivity contribution is 0.381. The maximum Gasteiger partial charge on any atom is 0.125 e. The Labute approximate surface area is 99.7 Å². The van der Waals surface area contributed by atoms with E-state index in [1.165, 1.54) is 0 Å². The van der Waals surface area contributed by atoms with Crippen molar-refractivity contribution in [3.8, 4) is 11.5 Å². The molecule has 0 bridgehead atoms. The van der Waals surface area contributed by atoms with Gasteiger partial charge in [-0.2, -0.15) is 0 Å². The fraction of sp³-hybridized carbons (Fsp3) is 0.500. The monoisotopic (exact) mass is 272 g/mol.